The monoisotopic (exact) mass is 258 g/mol. The summed E-state index contributed by atoms with van der Waals surface area (Å²) >= 11 is 0. The largest absolute Gasteiger partial charge is 0.342 e. The molecule has 1 atom stereocenters. The maximum atomic E-state index is 14.1. The van der Waals surface area contributed by atoms with Gasteiger partial charge in [0.1, 0.15) is 5.82 Å². The van der Waals surface area contributed by atoms with E-state index in [-0.39, 0.29) is 11.9 Å². The zero-order valence-electron chi connectivity index (χ0n) is 11.5. The van der Waals surface area contributed by atoms with Gasteiger partial charge in [-0.05, 0) is 43.7 Å². The molecule has 100 valence electrons. The normalized spacial score (nSPS) is 12.3. The lowest BCUT2D eigenvalue weighted by atomic mass is 10.1. The molecule has 0 aliphatic rings. The maximum Gasteiger partial charge on any atom is 0.147 e. The third-order valence-electron chi connectivity index (χ3n) is 3.28. The van der Waals surface area contributed by atoms with Crippen LogP contribution in [0.5, 0.6) is 0 Å². The molecule has 0 saturated carbocycles. The second-order valence-electron chi connectivity index (χ2n) is 4.89. The molecule has 0 unspecified atom stereocenters. The highest BCUT2D eigenvalue weighted by molar-refractivity contribution is 5.63. The van der Waals surface area contributed by atoms with Gasteiger partial charge in [-0.1, -0.05) is 23.8 Å². The molecule has 2 nitrogen and oxygen atoms in total. The molecule has 3 heteroatoms. The van der Waals surface area contributed by atoms with Crippen LogP contribution in [0.25, 0.3) is 0 Å². The topological polar surface area (TPSA) is 29.3 Å². The van der Waals surface area contributed by atoms with Gasteiger partial charge >= 0.3 is 0 Å². The number of hydrogen-bond acceptors (Lipinski definition) is 2. The summed E-state index contributed by atoms with van der Waals surface area (Å²) < 4.78 is 14.1. The second kappa shape index (κ2) is 5.41. The number of halogens is 1. The summed E-state index contributed by atoms with van der Waals surface area (Å²) in [5.41, 5.74) is 9.25. The number of rotatable bonds is 3. The molecule has 2 aromatic rings. The number of benzene rings is 2. The van der Waals surface area contributed by atoms with E-state index in [9.17, 15) is 4.39 Å². The quantitative estimate of drug-likeness (QED) is 0.904. The van der Waals surface area contributed by atoms with Crippen molar-refractivity contribution in [2.45, 2.75) is 19.9 Å². The van der Waals surface area contributed by atoms with Crippen molar-refractivity contribution in [1.29, 1.82) is 0 Å². The van der Waals surface area contributed by atoms with Crippen LogP contribution in [0.3, 0.4) is 0 Å². The molecule has 0 aliphatic heterocycles. The van der Waals surface area contributed by atoms with E-state index in [1.807, 2.05) is 56.1 Å². The van der Waals surface area contributed by atoms with Gasteiger partial charge in [0.2, 0.25) is 0 Å². The molecule has 0 heterocycles. The number of aryl methyl sites for hydroxylation is 1. The van der Waals surface area contributed by atoms with Crippen LogP contribution in [0.2, 0.25) is 0 Å². The Bertz CT molecular complexity index is 561. The van der Waals surface area contributed by atoms with Gasteiger partial charge in [-0.25, -0.2) is 4.39 Å². The second-order valence-corrected chi connectivity index (χ2v) is 4.89. The van der Waals surface area contributed by atoms with E-state index in [2.05, 4.69) is 0 Å². The zero-order chi connectivity index (χ0) is 14.0. The first-order valence-electron chi connectivity index (χ1n) is 6.34. The summed E-state index contributed by atoms with van der Waals surface area (Å²) in [5.74, 6) is -0.252. The van der Waals surface area contributed by atoms with Gasteiger partial charge in [0.05, 0.1) is 5.69 Å². The summed E-state index contributed by atoms with van der Waals surface area (Å²) in [6, 6.07) is 13.0. The highest BCUT2D eigenvalue weighted by Gasteiger charge is 2.11. The Balaban J connectivity index is 2.33. The standard InChI is InChI=1S/C16H19FN2/c1-11-4-7-14(8-5-11)19(3)16-9-6-13(12(2)18)10-15(16)17/h4-10,12H,18H2,1-3H3/t12-/m0/s1. The Kier molecular flexibility index (Phi) is 3.86. The van der Waals surface area contributed by atoms with Crippen molar-refractivity contribution in [2.75, 3.05) is 11.9 Å². The van der Waals surface area contributed by atoms with Crippen molar-refractivity contribution < 1.29 is 4.39 Å². The summed E-state index contributed by atoms with van der Waals surface area (Å²) in [7, 11) is 1.86. The van der Waals surface area contributed by atoms with Gasteiger partial charge in [0.25, 0.3) is 0 Å². The number of anilines is 2. The van der Waals surface area contributed by atoms with Crippen molar-refractivity contribution >= 4 is 11.4 Å². The number of nitrogens with zero attached hydrogens (tertiary/aromatic N) is 1. The molecular weight excluding hydrogens is 239 g/mol. The van der Waals surface area contributed by atoms with Crippen molar-refractivity contribution in [3.63, 3.8) is 0 Å². The molecule has 2 aromatic carbocycles. The first-order chi connectivity index (χ1) is 8.99. The number of nitrogens with two attached hydrogens (primary N) is 1. The van der Waals surface area contributed by atoms with Crippen LogP contribution in [-0.2, 0) is 0 Å². The van der Waals surface area contributed by atoms with Crippen LogP contribution >= 0.6 is 0 Å². The average Bonchev–Trinajstić information content (AvgIpc) is 2.38. The highest BCUT2D eigenvalue weighted by atomic mass is 19.1. The van der Waals surface area contributed by atoms with Gasteiger partial charge < -0.3 is 10.6 Å². The van der Waals surface area contributed by atoms with Gasteiger partial charge in [-0.15, -0.1) is 0 Å². The predicted molar refractivity (Wildman–Crippen MR) is 78.2 cm³/mol. The summed E-state index contributed by atoms with van der Waals surface area (Å²) in [5, 5.41) is 0. The van der Waals surface area contributed by atoms with E-state index in [0.717, 1.165) is 11.3 Å². The molecule has 2 rings (SSSR count). The van der Waals surface area contributed by atoms with E-state index in [1.165, 1.54) is 11.6 Å². The fraction of sp³-hybridized carbons (Fsp3) is 0.250. The fourth-order valence-electron chi connectivity index (χ4n) is 1.99. The van der Waals surface area contributed by atoms with Crippen LogP contribution < -0.4 is 10.6 Å². The lowest BCUT2D eigenvalue weighted by Gasteiger charge is -2.21. The molecule has 0 radical (unpaired) electrons. The predicted octanol–water partition coefficient (Wildman–Crippen LogP) is 3.92. The van der Waals surface area contributed by atoms with Crippen molar-refractivity contribution in [3.8, 4) is 0 Å². The Hall–Kier alpha value is -1.87. The molecule has 0 spiro atoms. The minimum absolute atomic E-state index is 0.159. The minimum Gasteiger partial charge on any atom is -0.342 e. The van der Waals surface area contributed by atoms with E-state index in [0.29, 0.717) is 5.69 Å². The molecule has 0 bridgehead atoms. The van der Waals surface area contributed by atoms with Gasteiger partial charge in [0.15, 0.2) is 0 Å². The minimum atomic E-state index is -0.252. The Morgan fingerprint density at radius 3 is 2.26 bits per heavy atom. The average molecular weight is 258 g/mol. The fourth-order valence-corrected chi connectivity index (χ4v) is 1.99. The summed E-state index contributed by atoms with van der Waals surface area (Å²) in [6.45, 7) is 3.87. The lowest BCUT2D eigenvalue weighted by molar-refractivity contribution is 0.622. The van der Waals surface area contributed by atoms with Crippen LogP contribution in [-0.4, -0.2) is 7.05 Å². The third-order valence-corrected chi connectivity index (χ3v) is 3.28. The van der Waals surface area contributed by atoms with Crippen LogP contribution in [0.15, 0.2) is 42.5 Å². The van der Waals surface area contributed by atoms with E-state index < -0.39 is 0 Å². The first-order valence-corrected chi connectivity index (χ1v) is 6.34. The molecule has 0 saturated heterocycles. The van der Waals surface area contributed by atoms with Crippen molar-refractivity contribution in [3.05, 3.63) is 59.4 Å². The SMILES string of the molecule is Cc1ccc(N(C)c2ccc([C@H](C)N)cc2F)cc1. The molecule has 2 N–H and O–H groups in total. The molecule has 0 aliphatic carbocycles. The highest BCUT2D eigenvalue weighted by Crippen LogP contribution is 2.28. The van der Waals surface area contributed by atoms with Crippen LogP contribution in [0.4, 0.5) is 15.8 Å². The molecule has 0 fully saturated rings. The molecule has 19 heavy (non-hydrogen) atoms. The molecular formula is C16H19FN2. The molecule has 0 amide bonds. The van der Waals surface area contributed by atoms with E-state index in [1.54, 1.807) is 6.07 Å². The van der Waals surface area contributed by atoms with E-state index >= 15 is 0 Å². The Morgan fingerprint density at radius 2 is 1.74 bits per heavy atom. The lowest BCUT2D eigenvalue weighted by Crippen LogP contribution is -2.12. The van der Waals surface area contributed by atoms with Gasteiger partial charge in [-0.3, -0.25) is 0 Å². The first kappa shape index (κ1) is 13.6. The molecule has 0 aromatic heterocycles. The van der Waals surface area contributed by atoms with Crippen LogP contribution in [0, 0.1) is 12.7 Å². The van der Waals surface area contributed by atoms with Gasteiger partial charge in [0, 0.05) is 18.8 Å². The number of hydrogen-bond donors (Lipinski definition) is 1. The summed E-state index contributed by atoms with van der Waals surface area (Å²) in [6.07, 6.45) is 0. The summed E-state index contributed by atoms with van der Waals surface area (Å²) in [4.78, 5) is 1.83. The van der Waals surface area contributed by atoms with Crippen molar-refractivity contribution in [2.24, 2.45) is 5.73 Å². The van der Waals surface area contributed by atoms with Crippen LogP contribution in [0.1, 0.15) is 24.1 Å². The van der Waals surface area contributed by atoms with Crippen molar-refractivity contribution in [1.82, 2.24) is 0 Å². The Morgan fingerprint density at radius 1 is 1.11 bits per heavy atom. The van der Waals surface area contributed by atoms with E-state index in [4.69, 9.17) is 5.73 Å². The third kappa shape index (κ3) is 2.93. The maximum absolute atomic E-state index is 14.1. The Labute approximate surface area is 113 Å². The zero-order valence-corrected chi connectivity index (χ0v) is 11.5. The van der Waals surface area contributed by atoms with Gasteiger partial charge in [-0.2, -0.15) is 0 Å². The smallest absolute Gasteiger partial charge is 0.147 e.